The summed E-state index contributed by atoms with van der Waals surface area (Å²) < 4.78 is 6.20. The summed E-state index contributed by atoms with van der Waals surface area (Å²) in [6, 6.07) is 5.28. The van der Waals surface area contributed by atoms with Gasteiger partial charge < -0.3 is 10.2 Å². The van der Waals surface area contributed by atoms with E-state index >= 15 is 0 Å². The van der Waals surface area contributed by atoms with E-state index in [4.69, 9.17) is 10.2 Å². The van der Waals surface area contributed by atoms with Gasteiger partial charge in [-0.05, 0) is 50.3 Å². The lowest BCUT2D eigenvalue weighted by atomic mass is 10.0. The zero-order valence-corrected chi connectivity index (χ0v) is 13.6. The molecule has 0 radical (unpaired) electrons. The highest BCUT2D eigenvalue weighted by Crippen LogP contribution is 2.48. The van der Waals surface area contributed by atoms with Crippen molar-refractivity contribution >= 4 is 0 Å². The van der Waals surface area contributed by atoms with Gasteiger partial charge in [0, 0.05) is 18.5 Å². The summed E-state index contributed by atoms with van der Waals surface area (Å²) in [7, 11) is 0. The maximum atomic E-state index is 6.20. The molecule has 2 fully saturated rings. The third-order valence-corrected chi connectivity index (χ3v) is 5.47. The third kappa shape index (κ3) is 3.19. The molecule has 3 rings (SSSR count). The van der Waals surface area contributed by atoms with Gasteiger partial charge in [0.2, 0.25) is 0 Å². The first kappa shape index (κ1) is 15.1. The van der Waals surface area contributed by atoms with Crippen molar-refractivity contribution < 1.29 is 4.42 Å². The lowest BCUT2D eigenvalue weighted by molar-refractivity contribution is 0.119. The van der Waals surface area contributed by atoms with E-state index in [2.05, 4.69) is 30.9 Å². The molecule has 3 heteroatoms. The molecule has 4 unspecified atom stereocenters. The number of hydrogen-bond acceptors (Lipinski definition) is 3. The predicted octanol–water partition coefficient (Wildman–Crippen LogP) is 4.06. The standard InChI is InChI=1S/C18H30N2O/c1-3-14-7-5-4-6-10-20(14)16(12-19)18-9-8-17(21-18)15-11-13(15)2/h8-9,13-16H,3-7,10-12,19H2,1-2H3. The van der Waals surface area contributed by atoms with E-state index in [1.165, 1.54) is 44.3 Å². The highest BCUT2D eigenvalue weighted by molar-refractivity contribution is 5.19. The number of rotatable bonds is 5. The fraction of sp³-hybridized carbons (Fsp3) is 0.778. The SMILES string of the molecule is CCC1CCCCCN1C(CN)c1ccc(C2CC2C)o1. The summed E-state index contributed by atoms with van der Waals surface area (Å²) in [5, 5.41) is 0. The topological polar surface area (TPSA) is 42.4 Å². The number of likely N-dealkylation sites (tertiary alicyclic amines) is 1. The van der Waals surface area contributed by atoms with Gasteiger partial charge in [-0.3, -0.25) is 4.90 Å². The Morgan fingerprint density at radius 3 is 2.81 bits per heavy atom. The van der Waals surface area contributed by atoms with Crippen LogP contribution in [0.25, 0.3) is 0 Å². The van der Waals surface area contributed by atoms with Gasteiger partial charge in [-0.2, -0.15) is 0 Å². The van der Waals surface area contributed by atoms with E-state index in [0.29, 0.717) is 18.5 Å². The molecule has 118 valence electrons. The summed E-state index contributed by atoms with van der Waals surface area (Å²) in [5.74, 6) is 3.72. The first-order valence-electron chi connectivity index (χ1n) is 8.80. The lowest BCUT2D eigenvalue weighted by Crippen LogP contribution is -2.40. The number of hydrogen-bond donors (Lipinski definition) is 1. The molecule has 1 aromatic rings. The van der Waals surface area contributed by atoms with Crippen LogP contribution in [-0.4, -0.2) is 24.0 Å². The van der Waals surface area contributed by atoms with Crippen LogP contribution >= 0.6 is 0 Å². The van der Waals surface area contributed by atoms with E-state index in [1.54, 1.807) is 0 Å². The monoisotopic (exact) mass is 290 g/mol. The largest absolute Gasteiger partial charge is 0.464 e. The van der Waals surface area contributed by atoms with Crippen molar-refractivity contribution in [2.75, 3.05) is 13.1 Å². The quantitative estimate of drug-likeness (QED) is 0.889. The summed E-state index contributed by atoms with van der Waals surface area (Å²) in [6.45, 7) is 6.42. The van der Waals surface area contributed by atoms with Crippen molar-refractivity contribution in [3.8, 4) is 0 Å². The summed E-state index contributed by atoms with van der Waals surface area (Å²) in [5.41, 5.74) is 6.13. The van der Waals surface area contributed by atoms with Gasteiger partial charge in [-0.15, -0.1) is 0 Å². The van der Waals surface area contributed by atoms with Crippen molar-refractivity contribution in [2.45, 2.75) is 70.4 Å². The van der Waals surface area contributed by atoms with E-state index in [1.807, 2.05) is 0 Å². The number of nitrogens with two attached hydrogens (primary N) is 1. The van der Waals surface area contributed by atoms with Gasteiger partial charge >= 0.3 is 0 Å². The second-order valence-corrected chi connectivity index (χ2v) is 6.96. The molecule has 1 aromatic heterocycles. The van der Waals surface area contributed by atoms with Crippen LogP contribution in [0.5, 0.6) is 0 Å². The first-order chi connectivity index (χ1) is 10.2. The van der Waals surface area contributed by atoms with Crippen LogP contribution in [0.4, 0.5) is 0 Å². The van der Waals surface area contributed by atoms with Crippen molar-refractivity contribution in [3.05, 3.63) is 23.7 Å². The Hall–Kier alpha value is -0.800. The zero-order chi connectivity index (χ0) is 14.8. The van der Waals surface area contributed by atoms with E-state index in [-0.39, 0.29) is 6.04 Å². The lowest BCUT2D eigenvalue weighted by Gasteiger charge is -2.35. The Morgan fingerprint density at radius 2 is 2.14 bits per heavy atom. The normalized spacial score (nSPS) is 31.9. The molecule has 2 heterocycles. The van der Waals surface area contributed by atoms with Crippen LogP contribution in [0.15, 0.2) is 16.5 Å². The Bertz CT molecular complexity index is 456. The molecule has 0 spiro atoms. The minimum atomic E-state index is 0.260. The molecule has 0 bridgehead atoms. The highest BCUT2D eigenvalue weighted by Gasteiger charge is 2.37. The van der Waals surface area contributed by atoms with E-state index in [9.17, 15) is 0 Å². The third-order valence-electron chi connectivity index (χ3n) is 5.47. The Morgan fingerprint density at radius 1 is 1.33 bits per heavy atom. The maximum absolute atomic E-state index is 6.20. The van der Waals surface area contributed by atoms with Crippen LogP contribution in [-0.2, 0) is 0 Å². The molecule has 4 atom stereocenters. The number of furan rings is 1. The summed E-state index contributed by atoms with van der Waals surface area (Å²) >= 11 is 0. The fourth-order valence-electron chi connectivity index (χ4n) is 3.93. The second kappa shape index (κ2) is 6.53. The van der Waals surface area contributed by atoms with Gasteiger partial charge in [0.15, 0.2) is 0 Å². The molecule has 1 aliphatic heterocycles. The minimum Gasteiger partial charge on any atom is -0.464 e. The van der Waals surface area contributed by atoms with Gasteiger partial charge in [-0.1, -0.05) is 26.7 Å². The van der Waals surface area contributed by atoms with Crippen LogP contribution in [0.2, 0.25) is 0 Å². The molecule has 0 amide bonds. The maximum Gasteiger partial charge on any atom is 0.122 e. The first-order valence-corrected chi connectivity index (χ1v) is 8.80. The van der Waals surface area contributed by atoms with Crippen molar-refractivity contribution in [3.63, 3.8) is 0 Å². The minimum absolute atomic E-state index is 0.260. The molecule has 2 N–H and O–H groups in total. The molecular formula is C18H30N2O. The van der Waals surface area contributed by atoms with E-state index in [0.717, 1.165) is 18.2 Å². The van der Waals surface area contributed by atoms with Crippen LogP contribution in [0, 0.1) is 5.92 Å². The number of nitrogens with zero attached hydrogens (tertiary/aromatic N) is 1. The average Bonchev–Trinajstić information content (AvgIpc) is 3.11. The Labute approximate surface area is 128 Å². The van der Waals surface area contributed by atoms with E-state index < -0.39 is 0 Å². The van der Waals surface area contributed by atoms with Crippen LogP contribution < -0.4 is 5.73 Å². The fourth-order valence-corrected chi connectivity index (χ4v) is 3.93. The average molecular weight is 290 g/mol. The molecule has 0 aromatic carbocycles. The highest BCUT2D eigenvalue weighted by atomic mass is 16.3. The molecular weight excluding hydrogens is 260 g/mol. The summed E-state index contributed by atoms with van der Waals surface area (Å²) in [4.78, 5) is 2.62. The molecule has 21 heavy (non-hydrogen) atoms. The molecule has 1 aliphatic carbocycles. The van der Waals surface area contributed by atoms with Gasteiger partial charge in [0.05, 0.1) is 6.04 Å². The zero-order valence-electron chi connectivity index (χ0n) is 13.6. The second-order valence-electron chi connectivity index (χ2n) is 6.96. The smallest absolute Gasteiger partial charge is 0.122 e. The Kier molecular flexibility index (Phi) is 4.70. The Balaban J connectivity index is 1.77. The molecule has 1 saturated heterocycles. The van der Waals surface area contributed by atoms with Gasteiger partial charge in [-0.25, -0.2) is 0 Å². The summed E-state index contributed by atoms with van der Waals surface area (Å²) in [6.07, 6.45) is 7.80. The molecule has 2 aliphatic rings. The van der Waals surface area contributed by atoms with Crippen molar-refractivity contribution in [2.24, 2.45) is 11.7 Å². The van der Waals surface area contributed by atoms with Gasteiger partial charge in [0.25, 0.3) is 0 Å². The van der Waals surface area contributed by atoms with Crippen LogP contribution in [0.1, 0.15) is 75.9 Å². The van der Waals surface area contributed by atoms with Crippen molar-refractivity contribution in [1.29, 1.82) is 0 Å². The van der Waals surface area contributed by atoms with Crippen LogP contribution in [0.3, 0.4) is 0 Å². The molecule has 1 saturated carbocycles. The molecule has 3 nitrogen and oxygen atoms in total. The van der Waals surface area contributed by atoms with Crippen molar-refractivity contribution in [1.82, 2.24) is 4.90 Å². The predicted molar refractivity (Wildman–Crippen MR) is 86.3 cm³/mol. The van der Waals surface area contributed by atoms with Gasteiger partial charge in [0.1, 0.15) is 11.5 Å².